The standard InChI is InChI=1S/2C20H22N4.C2H5O5P/c2*1-13-11-16-17(12-14(13)2)22-20-19(21-16)15-7-5-6-8-18(15)24(20)10-9-23(3)4;3-2(4)1-8(5,6)7/h2*5-8,11-12H,9-10H2,1-4H3;1H2,(H,3,4)(H2,5,6,7). The number of para-hydroxylation sites is 2. The van der Waals surface area contributed by atoms with Crippen LogP contribution in [0.4, 0.5) is 0 Å². The first-order valence-electron chi connectivity index (χ1n) is 18.4. The molecule has 0 aliphatic heterocycles. The van der Waals surface area contributed by atoms with Gasteiger partial charge in [-0.2, -0.15) is 0 Å². The Labute approximate surface area is 325 Å². The molecular weight excluding hydrogens is 727 g/mol. The van der Waals surface area contributed by atoms with Gasteiger partial charge in [0.05, 0.1) is 33.1 Å². The highest BCUT2D eigenvalue weighted by Crippen LogP contribution is 2.33. The maximum Gasteiger partial charge on any atom is 0.336 e. The predicted octanol–water partition coefficient (Wildman–Crippen LogP) is 7.08. The number of likely N-dealkylation sites (N-methyl/N-ethyl adjacent to an activating group) is 2. The van der Waals surface area contributed by atoms with Gasteiger partial charge in [-0.25, -0.2) is 19.9 Å². The fourth-order valence-electron chi connectivity index (χ4n) is 6.62. The maximum atomic E-state index is 9.76. The van der Waals surface area contributed by atoms with Gasteiger partial charge in [0.2, 0.25) is 0 Å². The lowest BCUT2D eigenvalue weighted by atomic mass is 10.1. The van der Waals surface area contributed by atoms with Crippen molar-refractivity contribution in [3.63, 3.8) is 0 Å². The van der Waals surface area contributed by atoms with Crippen molar-refractivity contribution < 1.29 is 24.3 Å². The summed E-state index contributed by atoms with van der Waals surface area (Å²) in [5, 5.41) is 10.1. The van der Waals surface area contributed by atoms with Crippen LogP contribution in [0.15, 0.2) is 72.8 Å². The minimum Gasteiger partial charge on any atom is -0.481 e. The number of aliphatic carboxylic acids is 1. The summed E-state index contributed by atoms with van der Waals surface area (Å²) in [5.74, 6) is -1.49. The Morgan fingerprint density at radius 1 is 0.607 bits per heavy atom. The number of rotatable bonds is 8. The first kappa shape index (κ1) is 40.4. The minimum atomic E-state index is -4.32. The summed E-state index contributed by atoms with van der Waals surface area (Å²) in [4.78, 5) is 49.6. The summed E-state index contributed by atoms with van der Waals surface area (Å²) in [6.45, 7) is 12.3. The van der Waals surface area contributed by atoms with E-state index in [-0.39, 0.29) is 0 Å². The van der Waals surface area contributed by atoms with Gasteiger partial charge in [-0.15, -0.1) is 0 Å². The Balaban J connectivity index is 0.000000160. The molecule has 3 N–H and O–H groups in total. The zero-order chi connectivity index (χ0) is 40.5. The molecule has 0 amide bonds. The van der Waals surface area contributed by atoms with Crippen LogP contribution >= 0.6 is 7.60 Å². The molecule has 0 radical (unpaired) electrons. The Morgan fingerprint density at radius 3 is 1.25 bits per heavy atom. The first-order valence-corrected chi connectivity index (χ1v) is 20.2. The summed E-state index contributed by atoms with van der Waals surface area (Å²) in [7, 11) is 4.07. The number of aromatic nitrogens is 6. The molecule has 0 spiro atoms. The highest BCUT2D eigenvalue weighted by Gasteiger charge is 2.18. The van der Waals surface area contributed by atoms with Crippen LogP contribution < -0.4 is 0 Å². The van der Waals surface area contributed by atoms with Crippen LogP contribution in [0.3, 0.4) is 0 Å². The summed E-state index contributed by atoms with van der Waals surface area (Å²) < 4.78 is 14.4. The Bertz CT molecular complexity index is 2610. The van der Waals surface area contributed by atoms with Gasteiger partial charge in [-0.05, 0) is 115 Å². The average Bonchev–Trinajstić information content (AvgIpc) is 3.59. The van der Waals surface area contributed by atoms with Crippen molar-refractivity contribution >= 4 is 79.8 Å². The van der Waals surface area contributed by atoms with Gasteiger partial charge >= 0.3 is 13.6 Å². The Hall–Kier alpha value is -5.30. The van der Waals surface area contributed by atoms with Gasteiger partial charge in [0.15, 0.2) is 11.3 Å². The SMILES string of the molecule is Cc1cc2nc3c4ccccc4n(CCN(C)C)c3nc2cc1C.Cc1cc2nc3c4ccccc4n(CCN(C)C)c3nc2cc1C.O=C(O)CP(=O)(O)O. The highest BCUT2D eigenvalue weighted by atomic mass is 31.2. The summed E-state index contributed by atoms with van der Waals surface area (Å²) in [6.07, 6.45) is -1.09. The molecule has 8 rings (SSSR count). The van der Waals surface area contributed by atoms with Crippen LogP contribution in [0, 0.1) is 27.7 Å². The molecule has 4 aromatic carbocycles. The molecule has 8 aromatic rings. The van der Waals surface area contributed by atoms with E-state index in [1.807, 2.05) is 0 Å². The molecule has 0 fully saturated rings. The largest absolute Gasteiger partial charge is 0.481 e. The number of aryl methyl sites for hydroxylation is 4. The van der Waals surface area contributed by atoms with E-state index < -0.39 is 19.7 Å². The van der Waals surface area contributed by atoms with E-state index in [0.29, 0.717) is 0 Å². The van der Waals surface area contributed by atoms with Gasteiger partial charge in [0.25, 0.3) is 0 Å². The summed E-state index contributed by atoms with van der Waals surface area (Å²) in [6, 6.07) is 25.5. The fraction of sp³-hybridized carbons (Fsp3) is 0.310. The zero-order valence-electron chi connectivity index (χ0n) is 33.1. The molecule has 14 heteroatoms. The summed E-state index contributed by atoms with van der Waals surface area (Å²) >= 11 is 0. The van der Waals surface area contributed by atoms with Crippen LogP contribution in [-0.2, 0) is 22.4 Å². The lowest BCUT2D eigenvalue weighted by Gasteiger charge is -2.12. The second kappa shape index (κ2) is 16.4. The molecule has 13 nitrogen and oxygen atoms in total. The lowest BCUT2D eigenvalue weighted by molar-refractivity contribution is -0.134. The van der Waals surface area contributed by atoms with E-state index in [2.05, 4.69) is 148 Å². The number of carbonyl (C=O) groups is 1. The molecule has 0 bridgehead atoms. The second-order valence-electron chi connectivity index (χ2n) is 14.8. The monoisotopic (exact) mass is 776 g/mol. The quantitative estimate of drug-likeness (QED) is 0.135. The van der Waals surface area contributed by atoms with Crippen molar-refractivity contribution in [3.05, 3.63) is 95.1 Å². The van der Waals surface area contributed by atoms with E-state index >= 15 is 0 Å². The van der Waals surface area contributed by atoms with E-state index in [1.165, 1.54) is 44.1 Å². The fourth-order valence-corrected chi connectivity index (χ4v) is 6.97. The number of benzene rings is 4. The van der Waals surface area contributed by atoms with Crippen LogP contribution in [0.25, 0.3) is 66.2 Å². The average molecular weight is 777 g/mol. The third-order valence-corrected chi connectivity index (χ3v) is 10.5. The topological polar surface area (TPSA) is 163 Å². The van der Waals surface area contributed by atoms with Crippen molar-refractivity contribution in [1.29, 1.82) is 0 Å². The van der Waals surface area contributed by atoms with Crippen molar-refractivity contribution in [2.24, 2.45) is 0 Å². The molecule has 0 aliphatic rings. The Morgan fingerprint density at radius 2 is 0.946 bits per heavy atom. The summed E-state index contributed by atoms with van der Waals surface area (Å²) in [5.41, 5.74) is 15.3. The predicted molar refractivity (Wildman–Crippen MR) is 226 cm³/mol. The van der Waals surface area contributed by atoms with Crippen molar-refractivity contribution in [3.8, 4) is 0 Å². The molecule has 0 aliphatic carbocycles. The van der Waals surface area contributed by atoms with Crippen LogP contribution in [-0.4, -0.2) is 107 Å². The molecular formula is C42H49N8O5P. The van der Waals surface area contributed by atoms with Crippen LogP contribution in [0.5, 0.6) is 0 Å². The molecule has 0 unspecified atom stereocenters. The zero-order valence-corrected chi connectivity index (χ0v) is 34.0. The molecule has 4 aromatic heterocycles. The molecule has 0 atom stereocenters. The van der Waals surface area contributed by atoms with Crippen molar-refractivity contribution in [1.82, 2.24) is 38.9 Å². The first-order chi connectivity index (χ1) is 26.5. The van der Waals surface area contributed by atoms with Crippen molar-refractivity contribution in [2.75, 3.05) is 47.4 Å². The van der Waals surface area contributed by atoms with Crippen molar-refractivity contribution in [2.45, 2.75) is 40.8 Å². The van der Waals surface area contributed by atoms with Gasteiger partial charge in [-0.3, -0.25) is 9.36 Å². The minimum absolute atomic E-state index is 0.905. The molecule has 0 saturated heterocycles. The van der Waals surface area contributed by atoms with Gasteiger partial charge in [0.1, 0.15) is 17.2 Å². The van der Waals surface area contributed by atoms with E-state index in [4.69, 9.17) is 34.8 Å². The smallest absolute Gasteiger partial charge is 0.336 e. The number of carboxylic acid groups (broad SMARTS) is 1. The van der Waals surface area contributed by atoms with Crippen LogP contribution in [0.1, 0.15) is 22.3 Å². The van der Waals surface area contributed by atoms with E-state index in [9.17, 15) is 9.36 Å². The number of hydrogen-bond acceptors (Lipinski definition) is 8. The van der Waals surface area contributed by atoms with Gasteiger partial charge < -0.3 is 33.8 Å². The van der Waals surface area contributed by atoms with E-state index in [1.54, 1.807) is 0 Å². The van der Waals surface area contributed by atoms with Gasteiger partial charge in [-0.1, -0.05) is 36.4 Å². The molecule has 292 valence electrons. The number of fused-ring (bicyclic) bond motifs is 8. The van der Waals surface area contributed by atoms with E-state index in [0.717, 1.165) is 70.6 Å². The third kappa shape index (κ3) is 8.88. The molecule has 4 heterocycles. The normalized spacial score (nSPS) is 11.9. The maximum absolute atomic E-state index is 9.76. The molecule has 0 saturated carbocycles. The van der Waals surface area contributed by atoms with Gasteiger partial charge in [0, 0.05) is 37.0 Å². The second-order valence-corrected chi connectivity index (χ2v) is 16.4. The lowest BCUT2D eigenvalue weighted by Crippen LogP contribution is -2.18. The highest BCUT2D eigenvalue weighted by molar-refractivity contribution is 7.52. The number of hydrogen-bond donors (Lipinski definition) is 3. The number of nitrogens with zero attached hydrogens (tertiary/aromatic N) is 8. The van der Waals surface area contributed by atoms with Crippen LogP contribution in [0.2, 0.25) is 0 Å². The third-order valence-electron chi connectivity index (χ3n) is 9.82. The number of carboxylic acids is 1. The Kier molecular flexibility index (Phi) is 11.8. The molecule has 56 heavy (non-hydrogen) atoms.